The number of hydrogen-bond acceptors (Lipinski definition) is 13. The molecule has 3 aromatic rings. The molecule has 1 unspecified atom stereocenters. The Hall–Kier alpha value is -5.12. The van der Waals surface area contributed by atoms with E-state index >= 15 is 0 Å². The van der Waals surface area contributed by atoms with Crippen molar-refractivity contribution in [3.8, 4) is 17.6 Å². The lowest BCUT2D eigenvalue weighted by Crippen LogP contribution is -2.74. The lowest BCUT2D eigenvalue weighted by Gasteiger charge is -2.63. The lowest BCUT2D eigenvalue weighted by atomic mass is 9.49. The van der Waals surface area contributed by atoms with Gasteiger partial charge in [0, 0.05) is 46.8 Å². The third kappa shape index (κ3) is 14.8. The average molecular weight is 1040 g/mol. The van der Waals surface area contributed by atoms with Crippen molar-refractivity contribution in [2.45, 2.75) is 117 Å². The van der Waals surface area contributed by atoms with E-state index in [-0.39, 0.29) is 58.6 Å². The number of nitrogens with zero attached hydrogens (tertiary/aromatic N) is 1. The third-order valence-corrected chi connectivity index (χ3v) is 15.0. The van der Waals surface area contributed by atoms with Crippen molar-refractivity contribution in [3.63, 3.8) is 0 Å². The summed E-state index contributed by atoms with van der Waals surface area (Å²) in [4.78, 5) is 54.2. The Kier molecular flexibility index (Phi) is 20.9. The van der Waals surface area contributed by atoms with Gasteiger partial charge in [-0.05, 0) is 79.8 Å². The van der Waals surface area contributed by atoms with E-state index in [2.05, 4.69) is 61.1 Å². The van der Waals surface area contributed by atoms with Crippen molar-refractivity contribution in [2.24, 2.45) is 28.1 Å². The number of nitrogens with one attached hydrogen (secondary N) is 4. The van der Waals surface area contributed by atoms with Crippen molar-refractivity contribution in [1.82, 2.24) is 21.3 Å². The van der Waals surface area contributed by atoms with E-state index in [1.54, 1.807) is 56.4 Å². The molecule has 6 rings (SSSR count). The van der Waals surface area contributed by atoms with Crippen molar-refractivity contribution in [2.75, 3.05) is 73.1 Å². The van der Waals surface area contributed by atoms with Crippen molar-refractivity contribution < 1.29 is 52.3 Å². The summed E-state index contributed by atoms with van der Waals surface area (Å²) in [6, 6.07) is 20.4. The molecule has 0 aromatic heterocycles. The summed E-state index contributed by atoms with van der Waals surface area (Å²) < 4.78 is 41.2. The van der Waals surface area contributed by atoms with Gasteiger partial charge in [-0.1, -0.05) is 90.8 Å². The number of Topliss-reactive ketones (excluding diaryl/α,β-unsaturated/α-hetero) is 1. The summed E-state index contributed by atoms with van der Waals surface area (Å²) in [6.45, 7) is 19.7. The fourth-order valence-electron chi connectivity index (χ4n) is 10.8. The number of amides is 3. The smallest absolute Gasteiger partial charge is 0.251 e. The molecule has 6 atom stereocenters. The van der Waals surface area contributed by atoms with Gasteiger partial charge in [0.15, 0.2) is 5.78 Å². The molecular formula is C57H78ClN5O11. The van der Waals surface area contributed by atoms with Gasteiger partial charge in [0.1, 0.15) is 30.3 Å². The molecule has 16 nitrogen and oxygen atoms in total. The summed E-state index contributed by atoms with van der Waals surface area (Å²) >= 11 is 6.23. The van der Waals surface area contributed by atoms with E-state index in [0.29, 0.717) is 113 Å². The van der Waals surface area contributed by atoms with Crippen LogP contribution in [-0.2, 0) is 44.5 Å². The minimum Gasteiger partial charge on any atom is -0.491 e. The standard InChI is InChI=1S/C57H78ClN5O11/c1-36(60-9)50(65)62-49(55(2,3)4)48(64)43-15-12-16-44(43)52(67)61-47-42-14-11-10-13-38(42)33-46(47)73-32-30-71-28-26-69-24-23-68-25-27-70-29-31-72-40-20-17-37(18-21-40)51(66)63-53-56(5,6)54(57(53,7)8)74-41-22-19-39(35-59)45(58)34-41/h10-11,13-14,17-22,34,36,43-44,46-47,49,53-54,60H,12,15-16,23-33H2,1-9H3,(H,61,67)(H,62,65)(H,63,66)/t36-,43?,44+,46+,47-,49+,53-,54-/m0/s1. The molecule has 3 aromatic carbocycles. The van der Waals surface area contributed by atoms with E-state index in [1.807, 2.05) is 39.0 Å². The minimum absolute atomic E-state index is 0.0918. The van der Waals surface area contributed by atoms with Crippen molar-refractivity contribution in [1.29, 1.82) is 5.26 Å². The maximum Gasteiger partial charge on any atom is 0.251 e. The molecule has 0 saturated heterocycles. The number of carbonyl (C=O) groups excluding carboxylic acids is 4. The van der Waals surface area contributed by atoms with Gasteiger partial charge < -0.3 is 54.4 Å². The van der Waals surface area contributed by atoms with Crippen LogP contribution >= 0.6 is 11.6 Å². The van der Waals surface area contributed by atoms with E-state index in [1.165, 1.54) is 0 Å². The van der Waals surface area contributed by atoms with Crippen molar-refractivity contribution >= 4 is 35.1 Å². The quantitative estimate of drug-likeness (QED) is 0.0533. The van der Waals surface area contributed by atoms with E-state index in [0.717, 1.165) is 17.5 Å². The highest BCUT2D eigenvalue weighted by molar-refractivity contribution is 6.31. The van der Waals surface area contributed by atoms with Crippen LogP contribution in [0.15, 0.2) is 66.7 Å². The lowest BCUT2D eigenvalue weighted by molar-refractivity contribution is -0.164. The Bertz CT molecular complexity index is 2390. The molecule has 0 spiro atoms. The van der Waals surface area contributed by atoms with Crippen molar-refractivity contribution in [3.05, 3.63) is 94.0 Å². The summed E-state index contributed by atoms with van der Waals surface area (Å²) in [7, 11) is 1.70. The fraction of sp³-hybridized carbons (Fsp3) is 0.596. The molecule has 4 N–H and O–H groups in total. The maximum atomic E-state index is 14.1. The summed E-state index contributed by atoms with van der Waals surface area (Å²) in [5, 5.41) is 21.9. The normalized spacial score (nSPS) is 22.3. The number of halogens is 1. The first-order chi connectivity index (χ1) is 35.3. The Labute approximate surface area is 442 Å². The zero-order valence-corrected chi connectivity index (χ0v) is 45.4. The first-order valence-corrected chi connectivity index (χ1v) is 26.4. The number of fused-ring (bicyclic) bond motifs is 1. The van der Waals surface area contributed by atoms with Crippen LogP contribution in [0.3, 0.4) is 0 Å². The number of ketones is 1. The first kappa shape index (κ1) is 58.1. The molecule has 2 saturated carbocycles. The number of hydrogen-bond donors (Lipinski definition) is 4. The molecule has 3 aliphatic rings. The third-order valence-electron chi connectivity index (χ3n) is 14.7. The Morgan fingerprint density at radius 3 is 1.95 bits per heavy atom. The summed E-state index contributed by atoms with van der Waals surface area (Å²) in [5.41, 5.74) is 1.76. The largest absolute Gasteiger partial charge is 0.491 e. The number of likely N-dealkylation sites (N-methyl/N-ethyl adjacent to an activating group) is 1. The second-order valence-corrected chi connectivity index (χ2v) is 22.2. The van der Waals surface area contributed by atoms with Gasteiger partial charge in [0.25, 0.3) is 5.91 Å². The zero-order valence-electron chi connectivity index (χ0n) is 44.7. The Morgan fingerprint density at radius 2 is 1.35 bits per heavy atom. The highest BCUT2D eigenvalue weighted by Gasteiger charge is 2.64. The van der Waals surface area contributed by atoms with Crippen LogP contribution in [0.25, 0.3) is 0 Å². The van der Waals surface area contributed by atoms with Crippen LogP contribution < -0.4 is 30.7 Å². The summed E-state index contributed by atoms with van der Waals surface area (Å²) in [6.07, 6.45) is 2.13. The predicted octanol–water partition coefficient (Wildman–Crippen LogP) is 7.19. The van der Waals surface area contributed by atoms with Crippen LogP contribution in [0.1, 0.15) is 108 Å². The number of carbonyl (C=O) groups is 4. The topological polar surface area (TPSA) is 205 Å². The van der Waals surface area contributed by atoms with Crippen LogP contribution in [-0.4, -0.2) is 127 Å². The second kappa shape index (κ2) is 26.6. The molecule has 3 aliphatic carbocycles. The maximum absolute atomic E-state index is 14.1. The molecule has 0 heterocycles. The number of nitriles is 1. The van der Waals surface area contributed by atoms with Gasteiger partial charge in [-0.15, -0.1) is 0 Å². The van der Waals surface area contributed by atoms with E-state index in [4.69, 9.17) is 44.8 Å². The number of ether oxygens (including phenoxy) is 7. The van der Waals surface area contributed by atoms with Gasteiger partial charge in [0.2, 0.25) is 11.8 Å². The van der Waals surface area contributed by atoms with E-state index < -0.39 is 29.3 Å². The molecule has 0 bridgehead atoms. The molecule has 17 heteroatoms. The fourth-order valence-corrected chi connectivity index (χ4v) is 11.0. The molecule has 3 amide bonds. The van der Waals surface area contributed by atoms with Gasteiger partial charge >= 0.3 is 0 Å². The number of benzene rings is 3. The molecule has 404 valence electrons. The molecule has 0 radical (unpaired) electrons. The minimum atomic E-state index is -0.720. The predicted molar refractivity (Wildman–Crippen MR) is 281 cm³/mol. The van der Waals surface area contributed by atoms with Crippen LogP contribution in [0.2, 0.25) is 5.02 Å². The molecule has 74 heavy (non-hydrogen) atoms. The van der Waals surface area contributed by atoms with Crippen LogP contribution in [0, 0.1) is 39.4 Å². The molecule has 2 fully saturated rings. The first-order valence-electron chi connectivity index (χ1n) is 26.0. The summed E-state index contributed by atoms with van der Waals surface area (Å²) in [5.74, 6) is -0.447. The number of rotatable bonds is 28. The zero-order chi connectivity index (χ0) is 53.6. The molecule has 0 aliphatic heterocycles. The second-order valence-electron chi connectivity index (χ2n) is 21.8. The average Bonchev–Trinajstić information content (AvgIpc) is 4.01. The Balaban J connectivity index is 0.798. The highest BCUT2D eigenvalue weighted by Crippen LogP contribution is 2.55. The van der Waals surface area contributed by atoms with Gasteiger partial charge in [0.05, 0.1) is 94.3 Å². The molecular weight excluding hydrogens is 966 g/mol. The van der Waals surface area contributed by atoms with Gasteiger partial charge in [-0.3, -0.25) is 19.2 Å². The Morgan fingerprint density at radius 1 is 0.770 bits per heavy atom. The monoisotopic (exact) mass is 1040 g/mol. The van der Waals surface area contributed by atoms with Gasteiger partial charge in [-0.25, -0.2) is 0 Å². The van der Waals surface area contributed by atoms with Crippen LogP contribution in [0.5, 0.6) is 11.5 Å². The highest BCUT2D eigenvalue weighted by atomic mass is 35.5. The van der Waals surface area contributed by atoms with Crippen LogP contribution in [0.4, 0.5) is 0 Å². The van der Waals surface area contributed by atoms with Gasteiger partial charge in [-0.2, -0.15) is 5.26 Å². The SMILES string of the molecule is CN[C@@H](C)C(=O)N[C@H](C(=O)C1CCC[C@H]1C(=O)N[C@H]1c2ccccc2C[C@H]1OCCOCCOCCOCCOCCOc1ccc(C(=O)N[C@H]2C(C)(C)[C@H](Oc3ccc(C#N)c(Cl)c3)C2(C)C)cc1)C(C)(C)C. The van der Waals surface area contributed by atoms with E-state index in [9.17, 15) is 24.4 Å².